The number of hydrogen-bond acceptors (Lipinski definition) is 5. The second kappa shape index (κ2) is 9.11. The van der Waals surface area contributed by atoms with Crippen LogP contribution in [0.15, 0.2) is 65.6 Å². The maximum atomic E-state index is 12.6. The summed E-state index contributed by atoms with van der Waals surface area (Å²) < 4.78 is 27.5. The number of nitrogens with one attached hydrogen (secondary N) is 2. The number of nitro benzene ring substituents is 1. The number of anilines is 2. The van der Waals surface area contributed by atoms with Gasteiger partial charge in [0.2, 0.25) is 0 Å². The van der Waals surface area contributed by atoms with Crippen molar-refractivity contribution in [1.29, 1.82) is 0 Å². The van der Waals surface area contributed by atoms with Gasteiger partial charge in [-0.25, -0.2) is 8.42 Å². The van der Waals surface area contributed by atoms with Crippen molar-refractivity contribution in [2.75, 3.05) is 10.0 Å². The highest BCUT2D eigenvalue weighted by atomic mass is 35.5. The summed E-state index contributed by atoms with van der Waals surface area (Å²) in [6.07, 6.45) is 0. The van der Waals surface area contributed by atoms with Gasteiger partial charge in [-0.1, -0.05) is 34.8 Å². The fourth-order valence-corrected chi connectivity index (χ4v) is 4.31. The van der Waals surface area contributed by atoms with Crippen LogP contribution < -0.4 is 10.0 Å². The molecule has 0 saturated carbocycles. The van der Waals surface area contributed by atoms with Gasteiger partial charge in [-0.2, -0.15) is 0 Å². The third-order valence-corrected chi connectivity index (χ3v) is 6.11. The van der Waals surface area contributed by atoms with Gasteiger partial charge in [0.05, 0.1) is 26.1 Å². The molecular formula is C19H12Cl3N3O5S. The lowest BCUT2D eigenvalue weighted by molar-refractivity contribution is -0.384. The van der Waals surface area contributed by atoms with Gasteiger partial charge in [-0.05, 0) is 48.5 Å². The van der Waals surface area contributed by atoms with Crippen LogP contribution in [0.3, 0.4) is 0 Å². The van der Waals surface area contributed by atoms with Crippen LogP contribution in [0.1, 0.15) is 10.4 Å². The predicted octanol–water partition coefficient (Wildman–Crippen LogP) is 5.61. The predicted molar refractivity (Wildman–Crippen MR) is 120 cm³/mol. The number of nitrogens with zero attached hydrogens (tertiary/aromatic N) is 1. The quantitative estimate of drug-likeness (QED) is 0.337. The van der Waals surface area contributed by atoms with Crippen molar-refractivity contribution in [2.24, 2.45) is 0 Å². The first-order chi connectivity index (χ1) is 14.5. The largest absolute Gasteiger partial charge is 0.322 e. The van der Waals surface area contributed by atoms with Gasteiger partial charge >= 0.3 is 0 Å². The molecule has 160 valence electrons. The number of carbonyl (C=O) groups excluding carboxylic acids is 1. The van der Waals surface area contributed by atoms with E-state index < -0.39 is 20.9 Å². The third-order valence-electron chi connectivity index (χ3n) is 3.94. The molecule has 0 atom stereocenters. The Hall–Kier alpha value is -2.85. The lowest BCUT2D eigenvalue weighted by atomic mass is 10.2. The number of carbonyl (C=O) groups is 1. The van der Waals surface area contributed by atoms with E-state index >= 15 is 0 Å². The van der Waals surface area contributed by atoms with Gasteiger partial charge in [0.25, 0.3) is 21.6 Å². The summed E-state index contributed by atoms with van der Waals surface area (Å²) in [5.41, 5.74) is 0.0720. The molecule has 1 amide bonds. The second-order valence-corrected chi connectivity index (χ2v) is 9.13. The fourth-order valence-electron chi connectivity index (χ4n) is 2.54. The molecule has 0 saturated heterocycles. The summed E-state index contributed by atoms with van der Waals surface area (Å²) in [6.45, 7) is 0. The van der Waals surface area contributed by atoms with Crippen LogP contribution in [0.2, 0.25) is 15.1 Å². The number of rotatable bonds is 6. The highest BCUT2D eigenvalue weighted by Crippen LogP contribution is 2.26. The van der Waals surface area contributed by atoms with E-state index in [1.165, 1.54) is 54.6 Å². The summed E-state index contributed by atoms with van der Waals surface area (Å²) in [7, 11) is -3.94. The van der Waals surface area contributed by atoms with Crippen molar-refractivity contribution < 1.29 is 18.1 Å². The number of halogens is 3. The van der Waals surface area contributed by atoms with Crippen LogP contribution in [0, 0.1) is 10.1 Å². The summed E-state index contributed by atoms with van der Waals surface area (Å²) in [5.74, 6) is -0.684. The lowest BCUT2D eigenvalue weighted by Gasteiger charge is -2.10. The summed E-state index contributed by atoms with van der Waals surface area (Å²) >= 11 is 17.7. The number of sulfonamides is 1. The average Bonchev–Trinajstić information content (AvgIpc) is 2.67. The van der Waals surface area contributed by atoms with Gasteiger partial charge < -0.3 is 5.32 Å². The molecule has 3 aromatic carbocycles. The minimum absolute atomic E-state index is 0.0340. The van der Waals surface area contributed by atoms with E-state index in [-0.39, 0.29) is 42.6 Å². The van der Waals surface area contributed by atoms with Crippen molar-refractivity contribution in [3.63, 3.8) is 0 Å². The van der Waals surface area contributed by atoms with Crippen LogP contribution in [-0.2, 0) is 10.0 Å². The zero-order valence-corrected chi connectivity index (χ0v) is 18.4. The monoisotopic (exact) mass is 499 g/mol. The van der Waals surface area contributed by atoms with Crippen LogP contribution in [0.25, 0.3) is 0 Å². The molecule has 0 aromatic heterocycles. The SMILES string of the molecule is O=C(Nc1ccc(S(=O)(=O)Nc2cc(Cl)cc(Cl)c2)cc1)c1cc([N+](=O)[O-])ccc1Cl. The van der Waals surface area contributed by atoms with E-state index in [2.05, 4.69) is 10.0 Å². The maximum absolute atomic E-state index is 12.6. The average molecular weight is 501 g/mol. The van der Waals surface area contributed by atoms with Crippen molar-refractivity contribution in [1.82, 2.24) is 0 Å². The summed E-state index contributed by atoms with van der Waals surface area (Å²) in [6, 6.07) is 13.0. The zero-order valence-electron chi connectivity index (χ0n) is 15.3. The molecule has 0 aliphatic carbocycles. The first kappa shape index (κ1) is 22.8. The number of hydrogen-bond donors (Lipinski definition) is 2. The van der Waals surface area contributed by atoms with Crippen molar-refractivity contribution in [3.8, 4) is 0 Å². The Kier molecular flexibility index (Phi) is 6.71. The molecule has 3 rings (SSSR count). The molecule has 8 nitrogen and oxygen atoms in total. The molecule has 0 bridgehead atoms. The first-order valence-corrected chi connectivity index (χ1v) is 11.0. The Balaban J connectivity index is 1.77. The van der Waals surface area contributed by atoms with Gasteiger partial charge in [0.15, 0.2) is 0 Å². The maximum Gasteiger partial charge on any atom is 0.270 e. The van der Waals surface area contributed by atoms with Gasteiger partial charge in [-0.15, -0.1) is 0 Å². The smallest absolute Gasteiger partial charge is 0.270 e. The molecule has 0 unspecified atom stereocenters. The van der Waals surface area contributed by atoms with E-state index in [1.807, 2.05) is 0 Å². The summed E-state index contributed by atoms with van der Waals surface area (Å²) in [4.78, 5) is 22.6. The molecular weight excluding hydrogens is 489 g/mol. The molecule has 3 aromatic rings. The zero-order chi connectivity index (χ0) is 22.8. The van der Waals surface area contributed by atoms with E-state index in [4.69, 9.17) is 34.8 Å². The van der Waals surface area contributed by atoms with Crippen LogP contribution in [0.4, 0.5) is 17.1 Å². The van der Waals surface area contributed by atoms with E-state index in [1.54, 1.807) is 0 Å². The molecule has 0 fully saturated rings. The van der Waals surface area contributed by atoms with E-state index in [0.29, 0.717) is 0 Å². The lowest BCUT2D eigenvalue weighted by Crippen LogP contribution is -2.14. The topological polar surface area (TPSA) is 118 Å². The minimum Gasteiger partial charge on any atom is -0.322 e. The summed E-state index contributed by atoms with van der Waals surface area (Å²) in [5, 5.41) is 14.0. The Morgan fingerprint density at radius 1 is 0.871 bits per heavy atom. The third kappa shape index (κ3) is 5.65. The Morgan fingerprint density at radius 2 is 1.48 bits per heavy atom. The number of nitro groups is 1. The van der Waals surface area contributed by atoms with Crippen molar-refractivity contribution in [3.05, 3.63) is 91.4 Å². The minimum atomic E-state index is -3.94. The van der Waals surface area contributed by atoms with Gasteiger partial charge in [0, 0.05) is 27.9 Å². The molecule has 0 radical (unpaired) electrons. The van der Waals surface area contributed by atoms with E-state index in [0.717, 1.165) is 6.07 Å². The molecule has 0 aliphatic rings. The molecule has 12 heteroatoms. The van der Waals surface area contributed by atoms with Crippen LogP contribution in [-0.4, -0.2) is 19.2 Å². The Morgan fingerprint density at radius 3 is 2.06 bits per heavy atom. The van der Waals surface area contributed by atoms with Crippen LogP contribution >= 0.6 is 34.8 Å². The molecule has 31 heavy (non-hydrogen) atoms. The molecule has 0 heterocycles. The Labute approximate surface area is 191 Å². The highest BCUT2D eigenvalue weighted by Gasteiger charge is 2.18. The molecule has 2 N–H and O–H groups in total. The normalized spacial score (nSPS) is 11.1. The molecule has 0 aliphatic heterocycles. The first-order valence-electron chi connectivity index (χ1n) is 8.39. The second-order valence-electron chi connectivity index (χ2n) is 6.16. The van der Waals surface area contributed by atoms with E-state index in [9.17, 15) is 23.3 Å². The Bertz CT molecular complexity index is 1260. The van der Waals surface area contributed by atoms with Crippen molar-refractivity contribution in [2.45, 2.75) is 4.90 Å². The van der Waals surface area contributed by atoms with Crippen molar-refractivity contribution >= 4 is 67.8 Å². The van der Waals surface area contributed by atoms with Gasteiger partial charge in [-0.3, -0.25) is 19.6 Å². The number of amides is 1. The number of non-ortho nitro benzene ring substituents is 1. The van der Waals surface area contributed by atoms with Crippen LogP contribution in [0.5, 0.6) is 0 Å². The molecule has 0 spiro atoms. The number of benzene rings is 3. The highest BCUT2D eigenvalue weighted by molar-refractivity contribution is 7.92. The van der Waals surface area contributed by atoms with Gasteiger partial charge in [0.1, 0.15) is 0 Å². The fraction of sp³-hybridized carbons (Fsp3) is 0. The standard InChI is InChI=1S/C19H12Cl3N3O5S/c20-11-7-12(21)9-14(8-11)24-31(29,30)16-4-1-13(2-5-16)23-19(26)17-10-15(25(27)28)3-6-18(17)22/h1-10,24H,(H,23,26).